The number of fused-ring (bicyclic) bond motifs is 1. The number of benzene rings is 2. The molecule has 6 heteroatoms. The first-order chi connectivity index (χ1) is 14.6. The van der Waals surface area contributed by atoms with Crippen molar-refractivity contribution < 1.29 is 23.9 Å². The lowest BCUT2D eigenvalue weighted by atomic mass is 10.0. The highest BCUT2D eigenvalue weighted by molar-refractivity contribution is 5.92. The van der Waals surface area contributed by atoms with Gasteiger partial charge in [0.25, 0.3) is 0 Å². The molecule has 156 valence electrons. The third-order valence-electron chi connectivity index (χ3n) is 5.41. The van der Waals surface area contributed by atoms with Crippen LogP contribution in [0.2, 0.25) is 0 Å². The third kappa shape index (κ3) is 4.96. The summed E-state index contributed by atoms with van der Waals surface area (Å²) in [4.78, 5) is 28.5. The number of piperidine rings is 1. The van der Waals surface area contributed by atoms with Crippen LogP contribution in [0.5, 0.6) is 0 Å². The SMILES string of the molecule is CCc1ccc(-c2ccc(COC3CCN4OC(=O)/C=C/C(=O)OC4C3)cc2)cc1. The predicted octanol–water partition coefficient (Wildman–Crippen LogP) is 3.79. The fraction of sp³-hybridized carbons (Fsp3) is 0.333. The highest BCUT2D eigenvalue weighted by Gasteiger charge is 2.35. The molecule has 0 amide bonds. The Hall–Kier alpha value is -2.96. The Kier molecular flexibility index (Phi) is 6.26. The lowest BCUT2D eigenvalue weighted by molar-refractivity contribution is -0.258. The Morgan fingerprint density at radius 2 is 1.57 bits per heavy atom. The second kappa shape index (κ2) is 9.24. The first kappa shape index (κ1) is 20.3. The number of nitrogens with zero attached hydrogens (tertiary/aromatic N) is 1. The first-order valence-electron chi connectivity index (χ1n) is 10.3. The maximum Gasteiger partial charge on any atom is 0.350 e. The van der Waals surface area contributed by atoms with Crippen LogP contribution in [-0.2, 0) is 36.9 Å². The van der Waals surface area contributed by atoms with Gasteiger partial charge in [0.1, 0.15) is 0 Å². The van der Waals surface area contributed by atoms with Gasteiger partial charge >= 0.3 is 11.9 Å². The maximum atomic E-state index is 11.7. The molecule has 4 rings (SSSR count). The Bertz CT molecular complexity index is 920. The second-order valence-electron chi connectivity index (χ2n) is 7.48. The minimum absolute atomic E-state index is 0.0811. The van der Waals surface area contributed by atoms with Crippen LogP contribution in [0.1, 0.15) is 30.9 Å². The van der Waals surface area contributed by atoms with E-state index in [0.29, 0.717) is 26.0 Å². The third-order valence-corrected chi connectivity index (χ3v) is 5.41. The zero-order chi connectivity index (χ0) is 20.9. The van der Waals surface area contributed by atoms with Gasteiger partial charge in [0.15, 0.2) is 6.23 Å². The van der Waals surface area contributed by atoms with Crippen molar-refractivity contribution in [1.82, 2.24) is 5.06 Å². The fourth-order valence-electron chi connectivity index (χ4n) is 3.63. The average molecular weight is 407 g/mol. The number of hydrogen-bond acceptors (Lipinski definition) is 6. The van der Waals surface area contributed by atoms with E-state index in [2.05, 4.69) is 55.5 Å². The molecule has 2 aliphatic rings. The molecule has 0 bridgehead atoms. The molecular formula is C24H25NO5. The van der Waals surface area contributed by atoms with Gasteiger partial charge in [0.2, 0.25) is 0 Å². The smallest absolute Gasteiger partial charge is 0.350 e. The molecule has 0 radical (unpaired) electrons. The van der Waals surface area contributed by atoms with Crippen LogP contribution < -0.4 is 0 Å². The van der Waals surface area contributed by atoms with Crippen molar-refractivity contribution in [3.63, 3.8) is 0 Å². The normalized spacial score (nSPS) is 23.0. The molecule has 6 nitrogen and oxygen atoms in total. The number of hydroxylamine groups is 2. The minimum atomic E-state index is -0.626. The topological polar surface area (TPSA) is 65.1 Å². The van der Waals surface area contributed by atoms with Crippen molar-refractivity contribution in [2.75, 3.05) is 6.54 Å². The van der Waals surface area contributed by atoms with Gasteiger partial charge < -0.3 is 14.3 Å². The molecule has 2 unspecified atom stereocenters. The van der Waals surface area contributed by atoms with Gasteiger partial charge in [-0.05, 0) is 35.1 Å². The Morgan fingerprint density at radius 1 is 0.933 bits per heavy atom. The largest absolute Gasteiger partial charge is 0.440 e. The van der Waals surface area contributed by atoms with E-state index in [9.17, 15) is 9.59 Å². The van der Waals surface area contributed by atoms with Crippen molar-refractivity contribution in [1.29, 1.82) is 0 Å². The summed E-state index contributed by atoms with van der Waals surface area (Å²) in [6.45, 7) is 3.08. The molecule has 0 N–H and O–H groups in total. The Balaban J connectivity index is 1.33. The molecule has 0 saturated carbocycles. The van der Waals surface area contributed by atoms with Crippen molar-refractivity contribution in [2.45, 2.75) is 45.1 Å². The summed E-state index contributed by atoms with van der Waals surface area (Å²) < 4.78 is 11.4. The van der Waals surface area contributed by atoms with Crippen molar-refractivity contribution in [3.8, 4) is 11.1 Å². The fourth-order valence-corrected chi connectivity index (χ4v) is 3.63. The number of esters is 1. The molecule has 2 aromatic rings. The minimum Gasteiger partial charge on any atom is -0.440 e. The van der Waals surface area contributed by atoms with Gasteiger partial charge in [-0.25, -0.2) is 9.59 Å². The van der Waals surface area contributed by atoms with E-state index in [1.165, 1.54) is 21.8 Å². The molecule has 30 heavy (non-hydrogen) atoms. The first-order valence-corrected chi connectivity index (χ1v) is 10.3. The molecule has 2 aliphatic heterocycles. The van der Waals surface area contributed by atoms with Crippen LogP contribution in [0.25, 0.3) is 11.1 Å². The summed E-state index contributed by atoms with van der Waals surface area (Å²) in [6, 6.07) is 17.0. The van der Waals surface area contributed by atoms with Crippen LogP contribution in [-0.4, -0.2) is 35.9 Å². The highest BCUT2D eigenvalue weighted by atomic mass is 16.7. The average Bonchev–Trinajstić information content (AvgIpc) is 2.77. The number of carbonyl (C=O) groups excluding carboxylic acids is 2. The molecule has 0 aromatic heterocycles. The van der Waals surface area contributed by atoms with E-state index >= 15 is 0 Å². The molecule has 2 heterocycles. The summed E-state index contributed by atoms with van der Waals surface area (Å²) in [5, 5.41) is 1.42. The van der Waals surface area contributed by atoms with E-state index in [-0.39, 0.29) is 6.10 Å². The molecule has 1 fully saturated rings. The summed E-state index contributed by atoms with van der Waals surface area (Å²) >= 11 is 0. The van der Waals surface area contributed by atoms with Crippen LogP contribution in [0.15, 0.2) is 60.7 Å². The Labute approximate surface area is 176 Å². The van der Waals surface area contributed by atoms with Gasteiger partial charge in [0.05, 0.1) is 12.7 Å². The van der Waals surface area contributed by atoms with Gasteiger partial charge in [-0.2, -0.15) is 0 Å². The van der Waals surface area contributed by atoms with Gasteiger partial charge in [-0.1, -0.05) is 60.5 Å². The van der Waals surface area contributed by atoms with Gasteiger partial charge in [0, 0.05) is 25.1 Å². The highest BCUT2D eigenvalue weighted by Crippen LogP contribution is 2.25. The van der Waals surface area contributed by atoms with Crippen molar-refractivity contribution in [2.24, 2.45) is 0 Å². The van der Waals surface area contributed by atoms with E-state index in [1.54, 1.807) is 0 Å². The summed E-state index contributed by atoms with van der Waals surface area (Å²) in [5.74, 6) is -1.12. The lowest BCUT2D eigenvalue weighted by Crippen LogP contribution is -2.48. The van der Waals surface area contributed by atoms with E-state index < -0.39 is 18.2 Å². The monoisotopic (exact) mass is 407 g/mol. The van der Waals surface area contributed by atoms with Crippen LogP contribution in [0, 0.1) is 0 Å². The number of hydrogen-bond donors (Lipinski definition) is 0. The molecule has 2 atom stereocenters. The van der Waals surface area contributed by atoms with Crippen LogP contribution in [0.3, 0.4) is 0 Å². The standard InChI is InChI=1S/C24H25NO5/c1-2-17-3-7-19(8-4-17)20-9-5-18(6-10-20)16-28-21-13-14-25-22(15-21)29-23(26)11-12-24(27)30-25/h3-12,21-22H,2,13-16H2,1H3/b12-11+. The molecule has 0 spiro atoms. The molecule has 1 saturated heterocycles. The van der Waals surface area contributed by atoms with Crippen LogP contribution in [0.4, 0.5) is 0 Å². The number of rotatable bonds is 5. The Morgan fingerprint density at radius 3 is 2.23 bits per heavy atom. The van der Waals surface area contributed by atoms with Gasteiger partial charge in [-0.3, -0.25) is 0 Å². The maximum absolute atomic E-state index is 11.7. The van der Waals surface area contributed by atoms with Crippen LogP contribution >= 0.6 is 0 Å². The van der Waals surface area contributed by atoms with E-state index in [4.69, 9.17) is 14.3 Å². The number of carbonyl (C=O) groups is 2. The molecule has 0 aliphatic carbocycles. The van der Waals surface area contributed by atoms with Gasteiger partial charge in [-0.15, -0.1) is 0 Å². The lowest BCUT2D eigenvalue weighted by Gasteiger charge is -2.36. The van der Waals surface area contributed by atoms with E-state index in [0.717, 1.165) is 24.1 Å². The number of aryl methyl sites for hydroxylation is 1. The summed E-state index contributed by atoms with van der Waals surface area (Å²) in [7, 11) is 0. The van der Waals surface area contributed by atoms with Crippen molar-refractivity contribution >= 4 is 11.9 Å². The zero-order valence-electron chi connectivity index (χ0n) is 17.0. The zero-order valence-corrected chi connectivity index (χ0v) is 17.0. The second-order valence-corrected chi connectivity index (χ2v) is 7.48. The van der Waals surface area contributed by atoms with Crippen molar-refractivity contribution in [3.05, 3.63) is 71.8 Å². The predicted molar refractivity (Wildman–Crippen MR) is 111 cm³/mol. The van der Waals surface area contributed by atoms with E-state index in [1.807, 2.05) is 0 Å². The summed E-state index contributed by atoms with van der Waals surface area (Å²) in [5.41, 5.74) is 4.78. The quantitative estimate of drug-likeness (QED) is 0.703. The molecular weight excluding hydrogens is 382 g/mol. The molecule has 2 aromatic carbocycles. The number of ether oxygens (including phenoxy) is 2. The summed E-state index contributed by atoms with van der Waals surface area (Å²) in [6.07, 6.45) is 3.63.